The quantitative estimate of drug-likeness (QED) is 0.635. The van der Waals surface area contributed by atoms with Gasteiger partial charge in [-0.05, 0) is 31.5 Å². The molecule has 2 aromatic rings. The molecule has 4 atom stereocenters. The second-order valence-corrected chi connectivity index (χ2v) is 9.79. The summed E-state index contributed by atoms with van der Waals surface area (Å²) in [6, 6.07) is 5.91. The van der Waals surface area contributed by atoms with E-state index in [-0.39, 0.29) is 22.0 Å². The Labute approximate surface area is 182 Å². The summed E-state index contributed by atoms with van der Waals surface area (Å²) < 4.78 is 84.7. The van der Waals surface area contributed by atoms with E-state index in [1.54, 1.807) is 0 Å². The van der Waals surface area contributed by atoms with E-state index in [1.807, 2.05) is 0 Å². The van der Waals surface area contributed by atoms with Gasteiger partial charge in [-0.3, -0.25) is 4.79 Å². The lowest BCUT2D eigenvalue weighted by Crippen LogP contribution is -2.43. The van der Waals surface area contributed by atoms with Crippen LogP contribution in [-0.4, -0.2) is 46.3 Å². The highest BCUT2D eigenvalue weighted by Gasteiger charge is 2.61. The maximum atomic E-state index is 13.7. The molecule has 3 rings (SSSR count). The molecule has 1 aromatic carbocycles. The van der Waals surface area contributed by atoms with Gasteiger partial charge in [0, 0.05) is 35.7 Å². The fraction of sp³-hybridized carbons (Fsp3) is 0.400. The van der Waals surface area contributed by atoms with Gasteiger partial charge in [-0.1, -0.05) is 6.07 Å². The minimum Gasteiger partial charge on any atom is -0.496 e. The van der Waals surface area contributed by atoms with Crippen LogP contribution in [-0.2, 0) is 19.3 Å². The average Bonchev–Trinajstić information content (AvgIpc) is 3.06. The van der Waals surface area contributed by atoms with Crippen molar-refractivity contribution < 1.29 is 36.0 Å². The summed E-state index contributed by atoms with van der Waals surface area (Å²) in [5.74, 6) is -2.63. The van der Waals surface area contributed by atoms with Crippen molar-refractivity contribution in [1.82, 2.24) is 4.98 Å². The number of pyridine rings is 1. The Kier molecular flexibility index (Phi) is 6.22. The number of halogens is 4. The first kappa shape index (κ1) is 23.9. The number of alkyl halides is 3. The monoisotopic (exact) mass is 475 g/mol. The maximum absolute atomic E-state index is 13.7. The lowest BCUT2D eigenvalue weighted by atomic mass is 9.86. The first-order valence-electron chi connectivity index (χ1n) is 9.34. The summed E-state index contributed by atoms with van der Waals surface area (Å²) in [6.07, 6.45) is -4.57. The number of aromatic nitrogens is 1. The normalized spacial score (nSPS) is 25.2. The van der Waals surface area contributed by atoms with Crippen LogP contribution in [0.1, 0.15) is 24.8 Å². The van der Waals surface area contributed by atoms with Gasteiger partial charge in [0.05, 0.1) is 16.8 Å². The van der Waals surface area contributed by atoms with Crippen molar-refractivity contribution in [2.45, 2.75) is 42.2 Å². The van der Waals surface area contributed by atoms with Crippen molar-refractivity contribution in [2.24, 2.45) is 0 Å². The fourth-order valence-electron chi connectivity index (χ4n) is 3.53. The van der Waals surface area contributed by atoms with Crippen LogP contribution in [0.3, 0.4) is 0 Å². The van der Waals surface area contributed by atoms with Gasteiger partial charge in [-0.25, -0.2) is 18.4 Å². The highest BCUT2D eigenvalue weighted by atomic mass is 32.2. The third-order valence-electron chi connectivity index (χ3n) is 5.22. The van der Waals surface area contributed by atoms with E-state index in [0.29, 0.717) is 0 Å². The molecule has 0 spiro atoms. The zero-order valence-corrected chi connectivity index (χ0v) is 18.1. The second-order valence-electron chi connectivity index (χ2n) is 7.68. The minimum absolute atomic E-state index is 0.00560. The van der Waals surface area contributed by atoms with Crippen LogP contribution >= 0.6 is 0 Å². The molecular formula is C20H21F4N3O4S. The van der Waals surface area contributed by atoms with E-state index in [9.17, 15) is 26.6 Å². The Hall–Kier alpha value is -2.73. The Balaban J connectivity index is 1.99. The van der Waals surface area contributed by atoms with Gasteiger partial charge in [0.15, 0.2) is 5.60 Å². The zero-order chi connectivity index (χ0) is 23.9. The molecule has 0 unspecified atom stereocenters. The van der Waals surface area contributed by atoms with Crippen LogP contribution in [0.2, 0.25) is 0 Å². The molecule has 0 aliphatic carbocycles. The Bertz CT molecular complexity index is 1140. The summed E-state index contributed by atoms with van der Waals surface area (Å²) in [5.41, 5.74) is -2.34. The summed E-state index contributed by atoms with van der Waals surface area (Å²) in [4.78, 5) is 16.8. The predicted molar refractivity (Wildman–Crippen MR) is 108 cm³/mol. The average molecular weight is 475 g/mol. The lowest BCUT2D eigenvalue weighted by Gasteiger charge is -2.27. The van der Waals surface area contributed by atoms with E-state index in [2.05, 4.69) is 10.3 Å². The first-order chi connectivity index (χ1) is 14.7. The number of nitrogens with zero attached hydrogens (tertiary/aromatic N) is 1. The summed E-state index contributed by atoms with van der Waals surface area (Å²) in [6.45, 7) is 0.847. The molecule has 174 valence electrons. The van der Waals surface area contributed by atoms with Gasteiger partial charge < -0.3 is 14.8 Å². The van der Waals surface area contributed by atoms with Crippen LogP contribution in [0.15, 0.2) is 41.6 Å². The molecule has 1 fully saturated rings. The van der Waals surface area contributed by atoms with Gasteiger partial charge in [0.1, 0.15) is 22.7 Å². The summed E-state index contributed by atoms with van der Waals surface area (Å²) >= 11 is 0. The van der Waals surface area contributed by atoms with E-state index in [1.165, 1.54) is 31.5 Å². The number of rotatable bonds is 5. The molecule has 32 heavy (non-hydrogen) atoms. The molecular weight excluding hydrogens is 454 g/mol. The SMILES string of the molecule is COc1cc(F)ccc1[C@@H]1C[C@](C)(C(F)(F)F)O[C@H]1C(=O)Nc1ccnc([S@@](C)(=N)=O)c1. The van der Waals surface area contributed by atoms with E-state index >= 15 is 0 Å². The molecule has 1 saturated heterocycles. The van der Waals surface area contributed by atoms with Crippen LogP contribution in [0.5, 0.6) is 5.75 Å². The molecule has 0 bridgehead atoms. The molecule has 1 aliphatic rings. The molecule has 1 aromatic heterocycles. The lowest BCUT2D eigenvalue weighted by molar-refractivity contribution is -0.261. The van der Waals surface area contributed by atoms with Gasteiger partial charge in [-0.15, -0.1) is 0 Å². The number of carbonyl (C=O) groups is 1. The van der Waals surface area contributed by atoms with Crippen molar-refractivity contribution in [2.75, 3.05) is 18.7 Å². The third kappa shape index (κ3) is 4.70. The molecule has 2 N–H and O–H groups in total. The molecule has 12 heteroatoms. The van der Waals surface area contributed by atoms with Crippen molar-refractivity contribution in [3.63, 3.8) is 0 Å². The van der Waals surface area contributed by atoms with Crippen LogP contribution in [0, 0.1) is 10.6 Å². The molecule has 1 aliphatic heterocycles. The number of ether oxygens (including phenoxy) is 2. The molecule has 0 radical (unpaired) electrons. The number of carbonyl (C=O) groups excluding carboxylic acids is 1. The van der Waals surface area contributed by atoms with Crippen molar-refractivity contribution in [3.8, 4) is 5.75 Å². The van der Waals surface area contributed by atoms with Crippen molar-refractivity contribution in [1.29, 1.82) is 4.78 Å². The van der Waals surface area contributed by atoms with E-state index in [0.717, 1.165) is 25.3 Å². The topological polar surface area (TPSA) is 101 Å². The van der Waals surface area contributed by atoms with E-state index < -0.39 is 51.7 Å². The Morgan fingerprint density at radius 1 is 1.34 bits per heavy atom. The molecule has 7 nitrogen and oxygen atoms in total. The largest absolute Gasteiger partial charge is 0.496 e. The number of nitrogens with one attached hydrogen (secondary N) is 2. The Morgan fingerprint density at radius 3 is 2.62 bits per heavy atom. The van der Waals surface area contributed by atoms with Crippen LogP contribution < -0.4 is 10.1 Å². The number of benzene rings is 1. The zero-order valence-electron chi connectivity index (χ0n) is 17.3. The van der Waals surface area contributed by atoms with Crippen LogP contribution in [0.25, 0.3) is 0 Å². The third-order valence-corrected chi connectivity index (χ3v) is 6.24. The van der Waals surface area contributed by atoms with Crippen molar-refractivity contribution in [3.05, 3.63) is 47.9 Å². The molecule has 1 amide bonds. The van der Waals surface area contributed by atoms with Crippen molar-refractivity contribution >= 4 is 21.3 Å². The number of anilines is 1. The van der Waals surface area contributed by atoms with Gasteiger partial charge in [0.25, 0.3) is 5.91 Å². The van der Waals surface area contributed by atoms with Crippen LogP contribution in [0.4, 0.5) is 23.2 Å². The maximum Gasteiger partial charge on any atom is 0.417 e. The summed E-state index contributed by atoms with van der Waals surface area (Å²) in [7, 11) is -1.94. The van der Waals surface area contributed by atoms with Gasteiger partial charge in [0.2, 0.25) is 0 Å². The number of methoxy groups -OCH3 is 1. The fourth-order valence-corrected chi connectivity index (χ4v) is 4.15. The number of hydrogen-bond acceptors (Lipinski definition) is 6. The van der Waals surface area contributed by atoms with E-state index in [4.69, 9.17) is 14.3 Å². The van der Waals surface area contributed by atoms with Gasteiger partial charge in [-0.2, -0.15) is 13.2 Å². The summed E-state index contributed by atoms with van der Waals surface area (Å²) in [5, 5.41) is 2.34. The molecule has 0 saturated carbocycles. The number of hydrogen-bond donors (Lipinski definition) is 2. The second kappa shape index (κ2) is 8.32. The first-order valence-corrected chi connectivity index (χ1v) is 11.3. The standard InChI is InChI=1S/C20H21F4N3O4S/c1-19(20(22,23)24)10-14(13-5-4-11(21)8-15(13)30-2)17(31-19)18(28)27-12-6-7-26-16(9-12)32(3,25)29/h4-9,14,17,25H,10H2,1-3H3,(H,26,27,28)/t14-,17+,19+,32-/m0/s1. The minimum atomic E-state index is -4.77. The highest BCUT2D eigenvalue weighted by Crippen LogP contribution is 2.51. The smallest absolute Gasteiger partial charge is 0.417 e. The number of amides is 1. The Morgan fingerprint density at radius 2 is 2.03 bits per heavy atom. The van der Waals surface area contributed by atoms with Gasteiger partial charge >= 0.3 is 6.18 Å². The highest BCUT2D eigenvalue weighted by molar-refractivity contribution is 7.91. The predicted octanol–water partition coefficient (Wildman–Crippen LogP) is 4.10. The molecule has 2 heterocycles.